The molecule has 4 heterocycles. The molecule has 1 N–H and O–H groups in total. The van der Waals surface area contributed by atoms with Crippen LogP contribution in [0.3, 0.4) is 0 Å². The lowest BCUT2D eigenvalue weighted by atomic mass is 10.1. The lowest BCUT2D eigenvalue weighted by molar-refractivity contribution is -0.137. The molecule has 2 aliphatic rings. The minimum Gasteiger partial charge on any atom is -0.331 e. The van der Waals surface area contributed by atoms with Crippen molar-refractivity contribution < 1.29 is 4.79 Å². The number of hydrogen-bond acceptors (Lipinski definition) is 4. The summed E-state index contributed by atoms with van der Waals surface area (Å²) in [5.41, 5.74) is 2.80. The van der Waals surface area contributed by atoms with Crippen LogP contribution in [0.4, 0.5) is 0 Å². The molecule has 7 heteroatoms. The van der Waals surface area contributed by atoms with Crippen molar-refractivity contribution in [2.45, 2.75) is 45.7 Å². The van der Waals surface area contributed by atoms with Gasteiger partial charge in [0.15, 0.2) is 11.6 Å². The Morgan fingerprint density at radius 2 is 2.10 bits per heavy atom. The van der Waals surface area contributed by atoms with E-state index in [4.69, 9.17) is 0 Å². The van der Waals surface area contributed by atoms with Crippen LogP contribution in [0.25, 0.3) is 11.4 Å². The summed E-state index contributed by atoms with van der Waals surface area (Å²) in [7, 11) is 0. The van der Waals surface area contributed by atoms with Gasteiger partial charge in [-0.2, -0.15) is 5.10 Å². The summed E-state index contributed by atoms with van der Waals surface area (Å²) < 4.78 is 2.00. The molecule has 4 rings (SSSR count). The van der Waals surface area contributed by atoms with Gasteiger partial charge in [0, 0.05) is 12.2 Å². The molecule has 2 aliphatic heterocycles. The van der Waals surface area contributed by atoms with Crippen LogP contribution in [-0.4, -0.2) is 42.3 Å². The molecular formula is C14H18N6O. The zero-order valence-electron chi connectivity index (χ0n) is 12.4. The normalized spacial score (nSPS) is 24.3. The number of nitrogens with one attached hydrogen (secondary N) is 1. The van der Waals surface area contributed by atoms with Crippen LogP contribution in [0.1, 0.15) is 49.1 Å². The Morgan fingerprint density at radius 1 is 1.29 bits per heavy atom. The van der Waals surface area contributed by atoms with Crippen molar-refractivity contribution in [1.29, 1.82) is 0 Å². The number of carbonyl (C=O) groups excluding carboxylic acids is 1. The van der Waals surface area contributed by atoms with Crippen LogP contribution >= 0.6 is 0 Å². The fraction of sp³-hybridized carbons (Fsp3) is 0.571. The largest absolute Gasteiger partial charge is 0.331 e. The number of nitrogens with zero attached hydrogens (tertiary/aromatic N) is 5. The first-order valence-electron chi connectivity index (χ1n) is 7.36. The van der Waals surface area contributed by atoms with E-state index < -0.39 is 0 Å². The molecule has 0 bridgehead atoms. The van der Waals surface area contributed by atoms with Crippen LogP contribution in [0.15, 0.2) is 0 Å². The Hall–Kier alpha value is -2.18. The molecule has 2 atom stereocenters. The summed E-state index contributed by atoms with van der Waals surface area (Å²) in [6.07, 6.45) is 2.01. The van der Waals surface area contributed by atoms with Crippen molar-refractivity contribution in [3.05, 3.63) is 17.2 Å². The standard InChI is InChI=1S/C14H18N6O/c1-7-11(8(2)16-15-7)13-18-17-12-10-5-4-6-19(10)14(21)9(3)20(12)13/h9-10H,4-6H2,1-3H3,(H,15,16)/t9-,10+/m0/s1. The van der Waals surface area contributed by atoms with Gasteiger partial charge in [0.1, 0.15) is 6.04 Å². The molecule has 1 saturated heterocycles. The highest BCUT2D eigenvalue weighted by atomic mass is 16.2. The van der Waals surface area contributed by atoms with Crippen molar-refractivity contribution in [2.24, 2.45) is 0 Å². The Bertz CT molecular complexity index is 710. The maximum absolute atomic E-state index is 12.6. The molecule has 0 aromatic carbocycles. The first-order valence-corrected chi connectivity index (χ1v) is 7.36. The molecule has 1 fully saturated rings. The van der Waals surface area contributed by atoms with Gasteiger partial charge in [-0.05, 0) is 33.6 Å². The van der Waals surface area contributed by atoms with E-state index in [1.165, 1.54) is 0 Å². The fourth-order valence-electron chi connectivity index (χ4n) is 3.61. The zero-order valence-corrected chi connectivity index (χ0v) is 12.4. The Morgan fingerprint density at radius 3 is 2.81 bits per heavy atom. The van der Waals surface area contributed by atoms with Crippen LogP contribution in [0.5, 0.6) is 0 Å². The summed E-state index contributed by atoms with van der Waals surface area (Å²) in [5, 5.41) is 16.0. The van der Waals surface area contributed by atoms with Crippen LogP contribution in [-0.2, 0) is 4.79 Å². The molecule has 0 spiro atoms. The van der Waals surface area contributed by atoms with E-state index in [2.05, 4.69) is 20.4 Å². The molecule has 1 amide bonds. The Kier molecular flexibility index (Phi) is 2.49. The van der Waals surface area contributed by atoms with Crippen molar-refractivity contribution in [3.63, 3.8) is 0 Å². The number of hydrogen-bond donors (Lipinski definition) is 1. The monoisotopic (exact) mass is 286 g/mol. The maximum Gasteiger partial charge on any atom is 0.246 e. The zero-order chi connectivity index (χ0) is 14.7. The second kappa shape index (κ2) is 4.16. The highest BCUT2D eigenvalue weighted by molar-refractivity contribution is 5.83. The van der Waals surface area contributed by atoms with Gasteiger partial charge in [-0.3, -0.25) is 14.5 Å². The van der Waals surface area contributed by atoms with E-state index in [1.54, 1.807) is 0 Å². The van der Waals surface area contributed by atoms with Crippen LogP contribution in [0.2, 0.25) is 0 Å². The van der Waals surface area contributed by atoms with E-state index in [9.17, 15) is 4.79 Å². The first-order chi connectivity index (χ1) is 10.1. The van der Waals surface area contributed by atoms with Gasteiger partial charge in [-0.25, -0.2) is 0 Å². The van der Waals surface area contributed by atoms with Gasteiger partial charge >= 0.3 is 0 Å². The average molecular weight is 286 g/mol. The molecule has 0 saturated carbocycles. The minimum absolute atomic E-state index is 0.0856. The second-order valence-corrected chi connectivity index (χ2v) is 5.93. The molecule has 110 valence electrons. The van der Waals surface area contributed by atoms with Crippen molar-refractivity contribution >= 4 is 5.91 Å². The number of aromatic nitrogens is 5. The smallest absolute Gasteiger partial charge is 0.246 e. The predicted octanol–water partition coefficient (Wildman–Crippen LogP) is 1.52. The molecule has 0 unspecified atom stereocenters. The highest BCUT2D eigenvalue weighted by Gasteiger charge is 2.43. The molecule has 0 radical (unpaired) electrons. The number of rotatable bonds is 1. The third-order valence-electron chi connectivity index (χ3n) is 4.65. The number of H-pyrrole nitrogens is 1. The van der Waals surface area contributed by atoms with Gasteiger partial charge in [0.2, 0.25) is 5.91 Å². The number of aryl methyl sites for hydroxylation is 2. The fourth-order valence-corrected chi connectivity index (χ4v) is 3.61. The molecule has 2 aromatic heterocycles. The van der Waals surface area contributed by atoms with Gasteiger partial charge in [0.05, 0.1) is 17.3 Å². The Labute approximate surface area is 122 Å². The van der Waals surface area contributed by atoms with Gasteiger partial charge < -0.3 is 4.90 Å². The third-order valence-corrected chi connectivity index (χ3v) is 4.65. The average Bonchev–Trinajstić information content (AvgIpc) is 3.14. The number of fused-ring (bicyclic) bond motifs is 3. The van der Waals surface area contributed by atoms with Gasteiger partial charge in [-0.15, -0.1) is 10.2 Å². The topological polar surface area (TPSA) is 79.7 Å². The highest BCUT2D eigenvalue weighted by Crippen LogP contribution is 2.40. The van der Waals surface area contributed by atoms with E-state index in [1.807, 2.05) is 30.2 Å². The minimum atomic E-state index is -0.256. The van der Waals surface area contributed by atoms with Crippen LogP contribution < -0.4 is 0 Å². The summed E-state index contributed by atoms with van der Waals surface area (Å²) in [6, 6.07) is -0.171. The number of amides is 1. The summed E-state index contributed by atoms with van der Waals surface area (Å²) in [4.78, 5) is 14.5. The van der Waals surface area contributed by atoms with Gasteiger partial charge in [-0.1, -0.05) is 0 Å². The lowest BCUT2D eigenvalue weighted by Gasteiger charge is -2.34. The first kappa shape index (κ1) is 12.6. The molecular weight excluding hydrogens is 268 g/mol. The predicted molar refractivity (Wildman–Crippen MR) is 75.5 cm³/mol. The summed E-state index contributed by atoms with van der Waals surface area (Å²) in [6.45, 7) is 6.67. The van der Waals surface area contributed by atoms with Crippen molar-refractivity contribution in [2.75, 3.05) is 6.54 Å². The van der Waals surface area contributed by atoms with Crippen molar-refractivity contribution in [3.8, 4) is 11.4 Å². The van der Waals surface area contributed by atoms with Crippen LogP contribution in [0, 0.1) is 13.8 Å². The number of carbonyl (C=O) groups is 1. The van der Waals surface area contributed by atoms with E-state index >= 15 is 0 Å². The molecule has 7 nitrogen and oxygen atoms in total. The van der Waals surface area contributed by atoms with Crippen molar-refractivity contribution in [1.82, 2.24) is 29.9 Å². The lowest BCUT2D eigenvalue weighted by Crippen LogP contribution is -2.42. The SMILES string of the molecule is Cc1n[nH]c(C)c1-c1nnc2n1[C@@H](C)C(=O)N1CCC[C@H]21. The summed E-state index contributed by atoms with van der Waals surface area (Å²) >= 11 is 0. The molecule has 21 heavy (non-hydrogen) atoms. The summed E-state index contributed by atoms with van der Waals surface area (Å²) in [5.74, 6) is 1.83. The quantitative estimate of drug-likeness (QED) is 0.862. The van der Waals surface area contributed by atoms with Gasteiger partial charge in [0.25, 0.3) is 0 Å². The number of aromatic amines is 1. The van der Waals surface area contributed by atoms with E-state index in [0.717, 1.165) is 48.0 Å². The maximum atomic E-state index is 12.6. The molecule has 2 aromatic rings. The molecule has 0 aliphatic carbocycles. The van der Waals surface area contributed by atoms with E-state index in [-0.39, 0.29) is 18.0 Å². The second-order valence-electron chi connectivity index (χ2n) is 5.93. The Balaban J connectivity index is 1.93. The van der Waals surface area contributed by atoms with E-state index in [0.29, 0.717) is 0 Å². The third kappa shape index (κ3) is 1.54.